The lowest BCUT2D eigenvalue weighted by molar-refractivity contribution is 0.538. The highest BCUT2D eigenvalue weighted by molar-refractivity contribution is 5.21. The minimum Gasteiger partial charge on any atom is -0.0799 e. The smallest absolute Gasteiger partial charge is 0.00697 e. The van der Waals surface area contributed by atoms with Crippen molar-refractivity contribution in [1.82, 2.24) is 0 Å². The van der Waals surface area contributed by atoms with Gasteiger partial charge in [0.1, 0.15) is 0 Å². The third-order valence-electron chi connectivity index (χ3n) is 2.01. The molecule has 1 rings (SSSR count). The van der Waals surface area contributed by atoms with Crippen molar-refractivity contribution in [2.24, 2.45) is 5.41 Å². The highest BCUT2D eigenvalue weighted by Gasteiger charge is 2.06. The lowest BCUT2D eigenvalue weighted by Crippen LogP contribution is -2.01. The highest BCUT2D eigenvalue weighted by atomic mass is 14.1. The first kappa shape index (κ1) is 11.0. The van der Waals surface area contributed by atoms with Gasteiger partial charge in [-0.2, -0.15) is 0 Å². The molecule has 0 spiro atoms. The molecule has 1 aromatic carbocycles. The molecule has 0 saturated carbocycles. The predicted molar refractivity (Wildman–Crippen MR) is 63.4 cm³/mol. The predicted octanol–water partition coefficient (Wildman–Crippen LogP) is 4.22. The number of allylic oxidation sites excluding steroid dienone is 2. The second kappa shape index (κ2) is 4.45. The highest BCUT2D eigenvalue weighted by Crippen LogP contribution is 2.19. The number of benzene rings is 1. The van der Waals surface area contributed by atoms with Gasteiger partial charge in [0.15, 0.2) is 0 Å². The average Bonchev–Trinajstić information content (AvgIpc) is 2.02. The van der Waals surface area contributed by atoms with Crippen LogP contribution in [0.1, 0.15) is 33.3 Å². The molecule has 0 aliphatic carbocycles. The fourth-order valence-electron chi connectivity index (χ4n) is 1.71. The van der Waals surface area contributed by atoms with Crippen LogP contribution in [0.3, 0.4) is 0 Å². The molecule has 0 aliphatic rings. The molecule has 1 aromatic rings. The molecule has 0 amide bonds. The molecule has 14 heavy (non-hydrogen) atoms. The minimum absolute atomic E-state index is 0.291. The molecule has 0 saturated heterocycles. The Morgan fingerprint density at radius 1 is 1.14 bits per heavy atom. The van der Waals surface area contributed by atoms with Crippen molar-refractivity contribution in [3.8, 4) is 0 Å². The summed E-state index contributed by atoms with van der Waals surface area (Å²) in [5.74, 6) is 0. The van der Waals surface area contributed by atoms with Crippen molar-refractivity contribution in [2.45, 2.75) is 34.1 Å². The molecule has 0 heterocycles. The number of hydrogen-bond donors (Lipinski definition) is 0. The van der Waals surface area contributed by atoms with E-state index in [0.717, 1.165) is 6.42 Å². The van der Waals surface area contributed by atoms with E-state index in [4.69, 9.17) is 0 Å². The van der Waals surface area contributed by atoms with Crippen LogP contribution < -0.4 is 0 Å². The van der Waals surface area contributed by atoms with Crippen LogP contribution in [-0.2, 0) is 6.42 Å². The molecule has 76 valence electrons. The van der Waals surface area contributed by atoms with Crippen LogP contribution in [-0.4, -0.2) is 0 Å². The Morgan fingerprint density at radius 2 is 1.71 bits per heavy atom. The third-order valence-corrected chi connectivity index (χ3v) is 2.01. The van der Waals surface area contributed by atoms with Gasteiger partial charge in [-0.1, -0.05) is 62.8 Å². The molecule has 0 aliphatic heterocycles. The fourth-order valence-corrected chi connectivity index (χ4v) is 1.71. The topological polar surface area (TPSA) is 0 Å². The van der Waals surface area contributed by atoms with Gasteiger partial charge in [-0.15, -0.1) is 0 Å². The molecule has 0 fully saturated rings. The summed E-state index contributed by atoms with van der Waals surface area (Å²) < 4.78 is 0. The van der Waals surface area contributed by atoms with E-state index in [-0.39, 0.29) is 0 Å². The van der Waals surface area contributed by atoms with Crippen molar-refractivity contribution in [3.05, 3.63) is 47.5 Å². The Hall–Kier alpha value is -1.04. The van der Waals surface area contributed by atoms with E-state index < -0.39 is 0 Å². The Labute approximate surface area is 87.7 Å². The van der Waals surface area contributed by atoms with Crippen LogP contribution in [0.15, 0.2) is 42.0 Å². The van der Waals surface area contributed by atoms with E-state index in [2.05, 4.69) is 64.1 Å². The van der Waals surface area contributed by atoms with Gasteiger partial charge in [0.05, 0.1) is 0 Å². The van der Waals surface area contributed by atoms with Gasteiger partial charge in [0.25, 0.3) is 0 Å². The molecular weight excluding hydrogens is 168 g/mol. The standard InChI is InChI=1S/C14H20/c1-12(11-14(2,3)4)10-13-8-6-5-7-9-13/h5-9,11H,10H2,1-4H3/b12-11-. The second-order valence-corrected chi connectivity index (χ2v) is 5.02. The first-order chi connectivity index (χ1) is 6.47. The summed E-state index contributed by atoms with van der Waals surface area (Å²) in [7, 11) is 0. The fraction of sp³-hybridized carbons (Fsp3) is 0.429. The van der Waals surface area contributed by atoms with E-state index in [1.165, 1.54) is 11.1 Å². The molecule has 0 nitrogen and oxygen atoms in total. The summed E-state index contributed by atoms with van der Waals surface area (Å²) in [6, 6.07) is 10.6. The van der Waals surface area contributed by atoms with Crippen molar-refractivity contribution in [2.75, 3.05) is 0 Å². The summed E-state index contributed by atoms with van der Waals surface area (Å²) in [6.07, 6.45) is 3.41. The van der Waals surface area contributed by atoms with E-state index in [0.29, 0.717) is 5.41 Å². The van der Waals surface area contributed by atoms with Crippen molar-refractivity contribution in [1.29, 1.82) is 0 Å². The maximum absolute atomic E-state index is 2.35. The molecule has 0 unspecified atom stereocenters. The largest absolute Gasteiger partial charge is 0.0799 e. The molecular formula is C14H20. The lowest BCUT2D eigenvalue weighted by Gasteiger charge is -2.14. The van der Waals surface area contributed by atoms with Gasteiger partial charge in [-0.3, -0.25) is 0 Å². The van der Waals surface area contributed by atoms with Crippen LogP contribution >= 0.6 is 0 Å². The van der Waals surface area contributed by atoms with Gasteiger partial charge >= 0.3 is 0 Å². The normalized spacial score (nSPS) is 13.0. The quantitative estimate of drug-likeness (QED) is 0.609. The number of rotatable bonds is 2. The summed E-state index contributed by atoms with van der Waals surface area (Å²) >= 11 is 0. The summed E-state index contributed by atoms with van der Waals surface area (Å²) in [5.41, 5.74) is 3.13. The average molecular weight is 188 g/mol. The summed E-state index contributed by atoms with van der Waals surface area (Å²) in [6.45, 7) is 8.92. The SMILES string of the molecule is C/C(=C/C(C)(C)C)Cc1ccccc1. The number of hydrogen-bond acceptors (Lipinski definition) is 0. The maximum Gasteiger partial charge on any atom is -0.00697 e. The Kier molecular flexibility index (Phi) is 3.51. The molecule has 0 radical (unpaired) electrons. The van der Waals surface area contributed by atoms with Crippen LogP contribution in [0.2, 0.25) is 0 Å². The Bertz CT molecular complexity index is 299. The molecule has 0 aromatic heterocycles. The molecule has 0 heteroatoms. The zero-order valence-electron chi connectivity index (χ0n) is 9.67. The first-order valence-electron chi connectivity index (χ1n) is 5.20. The molecule has 0 N–H and O–H groups in total. The van der Waals surface area contributed by atoms with Crippen LogP contribution in [0.5, 0.6) is 0 Å². The monoisotopic (exact) mass is 188 g/mol. The first-order valence-corrected chi connectivity index (χ1v) is 5.20. The van der Waals surface area contributed by atoms with Crippen molar-refractivity contribution in [3.63, 3.8) is 0 Å². The van der Waals surface area contributed by atoms with Crippen molar-refractivity contribution >= 4 is 0 Å². The van der Waals surface area contributed by atoms with Crippen molar-refractivity contribution < 1.29 is 0 Å². The molecule has 0 atom stereocenters. The Balaban J connectivity index is 2.67. The van der Waals surface area contributed by atoms with E-state index in [9.17, 15) is 0 Å². The van der Waals surface area contributed by atoms with Gasteiger partial charge in [-0.25, -0.2) is 0 Å². The zero-order chi connectivity index (χ0) is 10.6. The summed E-state index contributed by atoms with van der Waals surface area (Å²) in [4.78, 5) is 0. The molecule has 0 bridgehead atoms. The van der Waals surface area contributed by atoms with Crippen LogP contribution in [0.25, 0.3) is 0 Å². The van der Waals surface area contributed by atoms with Crippen LogP contribution in [0, 0.1) is 5.41 Å². The summed E-state index contributed by atoms with van der Waals surface area (Å²) in [5, 5.41) is 0. The third kappa shape index (κ3) is 4.27. The lowest BCUT2D eigenvalue weighted by atomic mass is 9.92. The van der Waals surface area contributed by atoms with Gasteiger partial charge in [0, 0.05) is 0 Å². The van der Waals surface area contributed by atoms with Gasteiger partial charge in [-0.05, 0) is 24.3 Å². The van der Waals surface area contributed by atoms with E-state index >= 15 is 0 Å². The van der Waals surface area contributed by atoms with Gasteiger partial charge < -0.3 is 0 Å². The Morgan fingerprint density at radius 3 is 2.21 bits per heavy atom. The minimum atomic E-state index is 0.291. The van der Waals surface area contributed by atoms with E-state index in [1.807, 2.05) is 0 Å². The zero-order valence-corrected chi connectivity index (χ0v) is 9.67. The van der Waals surface area contributed by atoms with Crippen LogP contribution in [0.4, 0.5) is 0 Å². The maximum atomic E-state index is 2.35. The second-order valence-electron chi connectivity index (χ2n) is 5.02. The van der Waals surface area contributed by atoms with E-state index in [1.54, 1.807) is 0 Å². The van der Waals surface area contributed by atoms with Gasteiger partial charge in [0.2, 0.25) is 0 Å².